The quantitative estimate of drug-likeness (QED) is 0.167. The first-order valence-corrected chi connectivity index (χ1v) is 20.5. The highest BCUT2D eigenvalue weighted by Gasteiger charge is 2.45. The van der Waals surface area contributed by atoms with Crippen LogP contribution < -0.4 is 26.2 Å². The summed E-state index contributed by atoms with van der Waals surface area (Å²) in [5.74, 6) is 0. The molecule has 0 spiro atoms. The van der Waals surface area contributed by atoms with Gasteiger partial charge in [0.25, 0.3) is 6.71 Å². The summed E-state index contributed by atoms with van der Waals surface area (Å²) in [4.78, 5) is 5.00. The second-order valence-corrected chi connectivity index (χ2v) is 16.2. The topological polar surface area (TPSA) is 32.8 Å². The van der Waals surface area contributed by atoms with E-state index in [0.717, 1.165) is 66.9 Å². The normalized spacial score (nSPS) is 13.1. The third-order valence-electron chi connectivity index (χ3n) is 12.2. The zero-order valence-corrected chi connectivity index (χ0v) is 31.9. The van der Waals surface area contributed by atoms with Crippen molar-refractivity contribution in [1.82, 2.24) is 0 Å². The number of para-hydroxylation sites is 1. The van der Waals surface area contributed by atoms with E-state index >= 15 is 0 Å². The SMILES string of the molecule is c1ccc(-c2c(N3c4ccccc4B4c5c3cccc5N(c3ccc5ccoc5c3-c3ccccc3)c3ccc5c(sc6ccccc65)c34)ccc3ccoc23)cc1. The summed E-state index contributed by atoms with van der Waals surface area (Å²) in [5.41, 5.74) is 16.8. The van der Waals surface area contributed by atoms with Crippen LogP contribution in [0.25, 0.3) is 64.4 Å². The second-order valence-electron chi connectivity index (χ2n) is 15.2. The number of anilines is 6. The minimum absolute atomic E-state index is 0.0262. The molecule has 4 nitrogen and oxygen atoms in total. The number of hydrogen-bond acceptors (Lipinski definition) is 5. The predicted octanol–water partition coefficient (Wildman–Crippen LogP) is 13.0. The number of furan rings is 2. The number of fused-ring (bicyclic) bond motifs is 10. The van der Waals surface area contributed by atoms with E-state index in [1.807, 2.05) is 11.3 Å². The number of nitrogens with zero attached hydrogens (tertiary/aromatic N) is 2. The van der Waals surface area contributed by atoms with Gasteiger partial charge in [-0.15, -0.1) is 11.3 Å². The van der Waals surface area contributed by atoms with Gasteiger partial charge in [0.15, 0.2) is 0 Å². The lowest BCUT2D eigenvalue weighted by Gasteiger charge is -2.44. The van der Waals surface area contributed by atoms with Gasteiger partial charge >= 0.3 is 0 Å². The van der Waals surface area contributed by atoms with E-state index in [1.165, 1.54) is 47.9 Å². The van der Waals surface area contributed by atoms with Crippen LogP contribution >= 0.6 is 11.3 Å². The first kappa shape index (κ1) is 31.9. The molecular weight excluding hydrogens is 727 g/mol. The van der Waals surface area contributed by atoms with Crippen LogP contribution in [0, 0.1) is 0 Å². The smallest absolute Gasteiger partial charge is 0.254 e. The number of hydrogen-bond donors (Lipinski definition) is 0. The fourth-order valence-corrected chi connectivity index (χ4v) is 11.1. The van der Waals surface area contributed by atoms with Crippen LogP contribution in [-0.4, -0.2) is 6.71 Å². The molecule has 0 N–H and O–H groups in total. The minimum atomic E-state index is -0.0262. The van der Waals surface area contributed by atoms with E-state index in [9.17, 15) is 0 Å². The Morgan fingerprint density at radius 3 is 1.60 bits per heavy atom. The molecule has 0 unspecified atom stereocenters. The third kappa shape index (κ3) is 4.35. The third-order valence-corrected chi connectivity index (χ3v) is 13.4. The standard InChI is InChI=1S/C52H31BN2O2S/c1-3-12-32(13-4-1)46-40(25-22-34-28-30-56-50(34)46)54-39-18-9-8-17-38(39)53-48-42(54)19-11-20-43(48)55(44-27-24-37-36-16-7-10-21-45(36)58-52(37)49(44)53)41-26-23-35-29-31-57-51(35)47(41)33-14-5-2-6-15-33/h1-31H. The molecule has 58 heavy (non-hydrogen) atoms. The van der Waals surface area contributed by atoms with Gasteiger partial charge in [0.1, 0.15) is 11.2 Å². The lowest BCUT2D eigenvalue weighted by Crippen LogP contribution is -2.61. The molecule has 2 aliphatic rings. The zero-order valence-electron chi connectivity index (χ0n) is 31.1. The van der Waals surface area contributed by atoms with E-state index in [-0.39, 0.29) is 6.71 Å². The molecule has 0 fully saturated rings. The number of benzene rings is 8. The van der Waals surface area contributed by atoms with Crippen molar-refractivity contribution < 1.29 is 8.83 Å². The molecule has 13 rings (SSSR count). The average molecular weight is 759 g/mol. The van der Waals surface area contributed by atoms with Crippen LogP contribution in [0.2, 0.25) is 0 Å². The molecule has 5 heterocycles. The van der Waals surface area contributed by atoms with Crippen molar-refractivity contribution >= 4 is 111 Å². The lowest BCUT2D eigenvalue weighted by atomic mass is 9.33. The molecule has 0 amide bonds. The summed E-state index contributed by atoms with van der Waals surface area (Å²) in [5, 5.41) is 4.74. The Bertz CT molecular complexity index is 3420. The molecule has 0 atom stereocenters. The van der Waals surface area contributed by atoms with E-state index in [1.54, 1.807) is 12.5 Å². The van der Waals surface area contributed by atoms with Crippen LogP contribution in [0.4, 0.5) is 34.1 Å². The summed E-state index contributed by atoms with van der Waals surface area (Å²) in [6.07, 6.45) is 3.61. The van der Waals surface area contributed by atoms with E-state index in [4.69, 9.17) is 8.83 Å². The Labute approximate surface area is 338 Å². The van der Waals surface area contributed by atoms with E-state index in [2.05, 4.69) is 186 Å². The first-order valence-electron chi connectivity index (χ1n) is 19.7. The van der Waals surface area contributed by atoms with Crippen LogP contribution in [0.5, 0.6) is 0 Å². The van der Waals surface area contributed by atoms with Gasteiger partial charge in [-0.05, 0) is 99.6 Å². The summed E-state index contributed by atoms with van der Waals surface area (Å²) in [6.45, 7) is -0.0262. The molecular formula is C52H31BN2O2S. The molecule has 270 valence electrons. The highest BCUT2D eigenvalue weighted by molar-refractivity contribution is 7.28. The Morgan fingerprint density at radius 1 is 0.397 bits per heavy atom. The van der Waals surface area contributed by atoms with Gasteiger partial charge in [-0.25, -0.2) is 0 Å². The Hall–Kier alpha value is -7.28. The Kier molecular flexibility index (Phi) is 6.66. The van der Waals surface area contributed by atoms with Crippen LogP contribution in [0.3, 0.4) is 0 Å². The molecule has 0 bridgehead atoms. The highest BCUT2D eigenvalue weighted by Crippen LogP contribution is 2.51. The van der Waals surface area contributed by atoms with Gasteiger partial charge in [-0.2, -0.15) is 0 Å². The molecule has 0 saturated heterocycles. The first-order chi connectivity index (χ1) is 28.8. The van der Waals surface area contributed by atoms with Crippen molar-refractivity contribution in [2.45, 2.75) is 0 Å². The monoisotopic (exact) mass is 758 g/mol. The maximum atomic E-state index is 6.36. The fourth-order valence-electron chi connectivity index (χ4n) is 9.85. The molecule has 0 saturated carbocycles. The van der Waals surface area contributed by atoms with Gasteiger partial charge in [-0.3, -0.25) is 0 Å². The summed E-state index contributed by atoms with van der Waals surface area (Å²) < 4.78 is 15.3. The van der Waals surface area contributed by atoms with Crippen LogP contribution in [-0.2, 0) is 0 Å². The van der Waals surface area contributed by atoms with Gasteiger partial charge in [-0.1, -0.05) is 109 Å². The maximum absolute atomic E-state index is 6.36. The fraction of sp³-hybridized carbons (Fsp3) is 0. The molecule has 0 radical (unpaired) electrons. The molecule has 3 aromatic heterocycles. The number of rotatable bonds is 4. The minimum Gasteiger partial charge on any atom is -0.464 e. The predicted molar refractivity (Wildman–Crippen MR) is 244 cm³/mol. The summed E-state index contributed by atoms with van der Waals surface area (Å²) in [6, 6.07) is 63.8. The summed E-state index contributed by atoms with van der Waals surface area (Å²) >= 11 is 1.90. The second kappa shape index (κ2) is 12.1. The largest absolute Gasteiger partial charge is 0.464 e. The van der Waals surface area contributed by atoms with Crippen molar-refractivity contribution in [2.24, 2.45) is 0 Å². The van der Waals surface area contributed by atoms with Crippen molar-refractivity contribution in [3.05, 3.63) is 188 Å². The number of thiophene rings is 1. The molecule has 8 aromatic carbocycles. The van der Waals surface area contributed by atoms with Crippen molar-refractivity contribution in [2.75, 3.05) is 9.80 Å². The van der Waals surface area contributed by atoms with Gasteiger partial charge in [0, 0.05) is 59.4 Å². The Balaban J connectivity index is 1.17. The lowest BCUT2D eigenvalue weighted by molar-refractivity contribution is 0.616. The average Bonchev–Trinajstić information content (AvgIpc) is 4.05. The molecule has 6 heteroatoms. The van der Waals surface area contributed by atoms with Crippen LogP contribution in [0.15, 0.2) is 197 Å². The zero-order chi connectivity index (χ0) is 37.9. The maximum Gasteiger partial charge on any atom is 0.254 e. The molecule has 11 aromatic rings. The summed E-state index contributed by atoms with van der Waals surface area (Å²) in [7, 11) is 0. The van der Waals surface area contributed by atoms with E-state index in [0.29, 0.717) is 0 Å². The van der Waals surface area contributed by atoms with Gasteiger partial charge in [0.2, 0.25) is 0 Å². The van der Waals surface area contributed by atoms with Crippen molar-refractivity contribution in [3.63, 3.8) is 0 Å². The van der Waals surface area contributed by atoms with Crippen LogP contribution in [0.1, 0.15) is 0 Å². The van der Waals surface area contributed by atoms with Gasteiger partial charge < -0.3 is 18.6 Å². The van der Waals surface area contributed by atoms with E-state index < -0.39 is 0 Å². The van der Waals surface area contributed by atoms with Crippen molar-refractivity contribution in [1.29, 1.82) is 0 Å². The molecule has 2 aliphatic heterocycles. The highest BCUT2D eigenvalue weighted by atomic mass is 32.1. The van der Waals surface area contributed by atoms with Gasteiger partial charge in [0.05, 0.1) is 23.9 Å². The Morgan fingerprint density at radius 2 is 0.931 bits per heavy atom. The van der Waals surface area contributed by atoms with Crippen molar-refractivity contribution in [3.8, 4) is 22.3 Å². The molecule has 0 aliphatic carbocycles.